The second kappa shape index (κ2) is 11.9. The third-order valence-electron chi connectivity index (χ3n) is 6.11. The smallest absolute Gasteiger partial charge is 0.276 e. The summed E-state index contributed by atoms with van der Waals surface area (Å²) in [4.78, 5) is 41.5. The zero-order valence-corrected chi connectivity index (χ0v) is 21.3. The summed E-state index contributed by atoms with van der Waals surface area (Å²) in [5, 5.41) is 2.30. The van der Waals surface area contributed by atoms with Crippen LogP contribution in [0.2, 0.25) is 0 Å². The number of carbonyl (C=O) groups excluding carboxylic acids is 2. The number of benzene rings is 2. The molecule has 0 saturated heterocycles. The molecule has 1 atom stereocenters. The molecule has 0 spiro atoms. The molecule has 3 aromatic rings. The number of fused-ring (bicyclic) bond motifs is 1. The number of carbonyl (C=O) groups is 2. The quantitative estimate of drug-likeness (QED) is 0.465. The van der Waals surface area contributed by atoms with Gasteiger partial charge in [0.15, 0.2) is 11.4 Å². The first-order valence-corrected chi connectivity index (χ1v) is 12.2. The van der Waals surface area contributed by atoms with Crippen LogP contribution in [0.15, 0.2) is 65.6 Å². The van der Waals surface area contributed by atoms with Gasteiger partial charge in [0.2, 0.25) is 5.43 Å². The molecule has 11 heteroatoms. The van der Waals surface area contributed by atoms with Crippen LogP contribution in [-0.2, 0) is 13.2 Å². The van der Waals surface area contributed by atoms with Crippen LogP contribution < -0.4 is 20.9 Å². The fourth-order valence-electron chi connectivity index (χ4n) is 4.01. The number of amides is 2. The van der Waals surface area contributed by atoms with Gasteiger partial charge in [-0.1, -0.05) is 42.5 Å². The van der Waals surface area contributed by atoms with Gasteiger partial charge in [-0.25, -0.2) is 13.2 Å². The molecule has 1 unspecified atom stereocenters. The van der Waals surface area contributed by atoms with E-state index in [9.17, 15) is 27.6 Å². The van der Waals surface area contributed by atoms with Crippen molar-refractivity contribution in [1.29, 1.82) is 0 Å². The van der Waals surface area contributed by atoms with Crippen molar-refractivity contribution >= 4 is 11.8 Å². The summed E-state index contributed by atoms with van der Waals surface area (Å²) in [5.74, 6) is -5.31. The van der Waals surface area contributed by atoms with E-state index < -0.39 is 52.4 Å². The maximum atomic E-state index is 14.1. The van der Waals surface area contributed by atoms with E-state index in [2.05, 4.69) is 10.7 Å². The highest BCUT2D eigenvalue weighted by Crippen LogP contribution is 2.20. The van der Waals surface area contributed by atoms with Crippen molar-refractivity contribution in [1.82, 2.24) is 14.9 Å². The Labute approximate surface area is 222 Å². The van der Waals surface area contributed by atoms with E-state index in [4.69, 9.17) is 4.74 Å². The second-order valence-corrected chi connectivity index (χ2v) is 9.15. The van der Waals surface area contributed by atoms with Crippen LogP contribution in [0.25, 0.3) is 0 Å². The molecule has 0 bridgehead atoms. The van der Waals surface area contributed by atoms with Gasteiger partial charge in [0, 0.05) is 50.1 Å². The first kappa shape index (κ1) is 27.5. The zero-order chi connectivity index (χ0) is 28.1. The lowest BCUT2D eigenvalue weighted by molar-refractivity contribution is 0.0791. The molecule has 4 rings (SSSR count). The lowest BCUT2D eigenvalue weighted by Crippen LogP contribution is -2.39. The average Bonchev–Trinajstić information content (AvgIpc) is 2.90. The van der Waals surface area contributed by atoms with Gasteiger partial charge in [-0.05, 0) is 18.9 Å². The fourth-order valence-corrected chi connectivity index (χ4v) is 4.01. The van der Waals surface area contributed by atoms with Crippen LogP contribution in [-0.4, -0.2) is 41.0 Å². The van der Waals surface area contributed by atoms with E-state index in [-0.39, 0.29) is 30.6 Å². The molecule has 0 radical (unpaired) electrons. The summed E-state index contributed by atoms with van der Waals surface area (Å²) in [5.41, 5.74) is 1.84. The number of halogens is 3. The average molecular weight is 541 g/mol. The van der Waals surface area contributed by atoms with Gasteiger partial charge in [-0.3, -0.25) is 19.1 Å². The molecule has 2 N–H and O–H groups in total. The van der Waals surface area contributed by atoms with E-state index in [1.807, 2.05) is 25.1 Å². The third kappa shape index (κ3) is 6.31. The van der Waals surface area contributed by atoms with Gasteiger partial charge in [0.25, 0.3) is 11.8 Å². The van der Waals surface area contributed by atoms with Crippen molar-refractivity contribution in [3.05, 3.63) is 111 Å². The summed E-state index contributed by atoms with van der Waals surface area (Å²) in [6.07, 6.45) is 5.48. The number of likely N-dealkylation sites (N-methyl/N-ethyl adjacent to an activating group) is 1. The van der Waals surface area contributed by atoms with E-state index in [1.165, 1.54) is 9.58 Å². The van der Waals surface area contributed by atoms with Crippen LogP contribution in [0.1, 0.15) is 45.3 Å². The fraction of sp³-hybridized carbons (Fsp3) is 0.250. The van der Waals surface area contributed by atoms with Crippen molar-refractivity contribution in [2.75, 3.05) is 19.0 Å². The highest BCUT2D eigenvalue weighted by Gasteiger charge is 2.29. The van der Waals surface area contributed by atoms with Crippen molar-refractivity contribution in [2.45, 2.75) is 32.5 Å². The monoisotopic (exact) mass is 540 g/mol. The van der Waals surface area contributed by atoms with Crippen molar-refractivity contribution < 1.29 is 27.5 Å². The summed E-state index contributed by atoms with van der Waals surface area (Å²) in [7, 11) is 1.57. The number of nitrogens with zero attached hydrogens (tertiary/aromatic N) is 2. The van der Waals surface area contributed by atoms with E-state index in [1.54, 1.807) is 31.3 Å². The minimum Gasteiger partial charge on any atom is -0.482 e. The highest BCUT2D eigenvalue weighted by molar-refractivity contribution is 5.98. The minimum atomic E-state index is -1.18. The van der Waals surface area contributed by atoms with Crippen LogP contribution in [0, 0.1) is 17.5 Å². The molecule has 0 saturated carbocycles. The number of nitrogens with one attached hydrogen (secondary N) is 2. The maximum absolute atomic E-state index is 14.1. The Hall–Kier alpha value is -4.54. The number of aromatic nitrogens is 1. The number of pyridine rings is 1. The Balaban J connectivity index is 1.76. The van der Waals surface area contributed by atoms with E-state index in [0.29, 0.717) is 18.6 Å². The molecule has 2 heterocycles. The zero-order valence-electron chi connectivity index (χ0n) is 21.3. The van der Waals surface area contributed by atoms with Crippen molar-refractivity contribution in [3.63, 3.8) is 0 Å². The first-order chi connectivity index (χ1) is 18.7. The Morgan fingerprint density at radius 2 is 1.79 bits per heavy atom. The number of rotatable bonds is 6. The SMILES string of the molecule is CC1C/C=C\CN(C)C(=O)c2c(OCc3ccccc3)c(=O)c(C(=O)NCc3c(F)cc(F)cc3F)cn2N1. The summed E-state index contributed by atoms with van der Waals surface area (Å²) < 4.78 is 48.6. The normalized spacial score (nSPS) is 16.2. The van der Waals surface area contributed by atoms with Crippen LogP contribution in [0.5, 0.6) is 5.75 Å². The lowest BCUT2D eigenvalue weighted by atomic mass is 10.1. The van der Waals surface area contributed by atoms with Gasteiger partial charge in [-0.15, -0.1) is 0 Å². The molecule has 1 aliphatic heterocycles. The Bertz CT molecular complexity index is 1450. The molecule has 1 aliphatic rings. The maximum Gasteiger partial charge on any atom is 0.276 e. The third-order valence-corrected chi connectivity index (χ3v) is 6.11. The molecule has 39 heavy (non-hydrogen) atoms. The molecular formula is C28H27F3N4O4. The first-order valence-electron chi connectivity index (χ1n) is 12.2. The van der Waals surface area contributed by atoms with Crippen LogP contribution in [0.4, 0.5) is 13.2 Å². The van der Waals surface area contributed by atoms with Crippen LogP contribution in [0.3, 0.4) is 0 Å². The summed E-state index contributed by atoms with van der Waals surface area (Å²) in [6, 6.07) is 9.72. The molecule has 8 nitrogen and oxygen atoms in total. The summed E-state index contributed by atoms with van der Waals surface area (Å²) in [6.45, 7) is 1.43. The molecule has 1 aromatic heterocycles. The number of hydrogen-bond acceptors (Lipinski definition) is 5. The number of hydrogen-bond donors (Lipinski definition) is 2. The Morgan fingerprint density at radius 1 is 1.10 bits per heavy atom. The van der Waals surface area contributed by atoms with Crippen molar-refractivity contribution in [3.8, 4) is 5.75 Å². The van der Waals surface area contributed by atoms with Gasteiger partial charge in [0.1, 0.15) is 29.6 Å². The predicted octanol–water partition coefficient (Wildman–Crippen LogP) is 3.74. The topological polar surface area (TPSA) is 92.7 Å². The molecule has 2 amide bonds. The summed E-state index contributed by atoms with van der Waals surface area (Å²) >= 11 is 0. The van der Waals surface area contributed by atoms with E-state index >= 15 is 0 Å². The standard InChI is InChI=1S/C28H27F3N4O4/c1-17-8-6-7-11-34(2)28(38)24-26(39-16-18-9-4-3-5-10-18)25(36)21(15-35(24)33-17)27(37)32-14-20-22(30)12-19(29)13-23(20)31/h3-7,9-10,12-13,15,17,33H,8,11,14,16H2,1-2H3,(H,32,37)/b7-6-. The van der Waals surface area contributed by atoms with Crippen molar-refractivity contribution in [2.24, 2.45) is 0 Å². The van der Waals surface area contributed by atoms with Gasteiger partial charge in [-0.2, -0.15) is 0 Å². The predicted molar refractivity (Wildman–Crippen MR) is 139 cm³/mol. The molecular weight excluding hydrogens is 513 g/mol. The van der Waals surface area contributed by atoms with Gasteiger partial charge in [0.05, 0.1) is 0 Å². The molecule has 2 aromatic carbocycles. The molecule has 0 fully saturated rings. The Morgan fingerprint density at radius 3 is 2.49 bits per heavy atom. The largest absolute Gasteiger partial charge is 0.482 e. The second-order valence-electron chi connectivity index (χ2n) is 9.15. The van der Waals surface area contributed by atoms with Crippen LogP contribution >= 0.6 is 0 Å². The van der Waals surface area contributed by atoms with E-state index in [0.717, 1.165) is 11.8 Å². The van der Waals surface area contributed by atoms with Gasteiger partial charge >= 0.3 is 0 Å². The Kier molecular flexibility index (Phi) is 8.38. The highest BCUT2D eigenvalue weighted by atomic mass is 19.1. The van der Waals surface area contributed by atoms with Gasteiger partial charge < -0.3 is 20.4 Å². The number of ether oxygens (including phenoxy) is 1. The minimum absolute atomic E-state index is 0.0629. The molecule has 0 aliphatic carbocycles. The lowest BCUT2D eigenvalue weighted by Gasteiger charge is -2.26. The molecule has 204 valence electrons.